The third-order valence-corrected chi connectivity index (χ3v) is 4.71. The van der Waals surface area contributed by atoms with Crippen molar-refractivity contribution in [2.45, 2.75) is 17.4 Å². The van der Waals surface area contributed by atoms with E-state index in [1.165, 1.54) is 6.26 Å². The fraction of sp³-hybridized carbons (Fsp3) is 0.357. The van der Waals surface area contributed by atoms with E-state index in [4.69, 9.17) is 0 Å². The molecule has 2 heterocycles. The number of nitrogens with zero attached hydrogens (tertiary/aromatic N) is 1. The van der Waals surface area contributed by atoms with Crippen LogP contribution < -0.4 is 10.6 Å². The van der Waals surface area contributed by atoms with Gasteiger partial charge in [0, 0.05) is 24.9 Å². The largest absolute Gasteiger partial charge is 0.365 e. The molecule has 0 radical (unpaired) electrons. The van der Waals surface area contributed by atoms with Gasteiger partial charge in [-0.3, -0.25) is 5.10 Å². The minimum atomic E-state index is -3.16. The van der Waals surface area contributed by atoms with Crippen LogP contribution in [-0.4, -0.2) is 44.0 Å². The Labute approximate surface area is 123 Å². The second kappa shape index (κ2) is 5.50. The molecule has 0 bridgehead atoms. The van der Waals surface area contributed by atoms with Crippen LogP contribution in [-0.2, 0) is 9.84 Å². The topological polar surface area (TPSA) is 86.9 Å². The summed E-state index contributed by atoms with van der Waals surface area (Å²) in [6.07, 6.45) is 2.29. The number of nitrogens with one attached hydrogen (secondary N) is 3. The van der Waals surface area contributed by atoms with Gasteiger partial charge < -0.3 is 10.6 Å². The smallest absolute Gasteiger partial charge is 0.175 e. The minimum absolute atomic E-state index is 0.321. The standard InChI is InChI=1S/C14H18N4O2S/c1-21(19,20)12-4-2-10(3-5-12)13-8-14(18-17-13)16-11-6-7-15-9-11/h2-5,8,11,15H,6-7,9H2,1H3,(H2,16,17,18). The Morgan fingerprint density at radius 3 is 2.67 bits per heavy atom. The van der Waals surface area contributed by atoms with E-state index >= 15 is 0 Å². The van der Waals surface area contributed by atoms with Crippen LogP contribution >= 0.6 is 0 Å². The molecule has 0 saturated carbocycles. The van der Waals surface area contributed by atoms with Gasteiger partial charge >= 0.3 is 0 Å². The predicted molar refractivity (Wildman–Crippen MR) is 82.0 cm³/mol. The molecule has 1 aliphatic heterocycles. The van der Waals surface area contributed by atoms with E-state index in [0.29, 0.717) is 10.9 Å². The van der Waals surface area contributed by atoms with Crippen molar-refractivity contribution in [2.75, 3.05) is 24.7 Å². The fourth-order valence-corrected chi connectivity index (χ4v) is 3.04. The molecule has 0 spiro atoms. The van der Waals surface area contributed by atoms with Crippen molar-refractivity contribution in [1.82, 2.24) is 15.5 Å². The van der Waals surface area contributed by atoms with Crippen LogP contribution in [0.15, 0.2) is 35.2 Å². The molecular weight excluding hydrogens is 288 g/mol. The first-order valence-corrected chi connectivity index (χ1v) is 8.75. The van der Waals surface area contributed by atoms with E-state index in [9.17, 15) is 8.42 Å². The highest BCUT2D eigenvalue weighted by atomic mass is 32.2. The molecule has 1 aliphatic rings. The number of sulfone groups is 1. The summed E-state index contributed by atoms with van der Waals surface area (Å²) in [6, 6.07) is 9.14. The van der Waals surface area contributed by atoms with Gasteiger partial charge in [-0.1, -0.05) is 12.1 Å². The summed E-state index contributed by atoms with van der Waals surface area (Å²) < 4.78 is 22.9. The molecule has 7 heteroatoms. The van der Waals surface area contributed by atoms with Crippen LogP contribution in [0.3, 0.4) is 0 Å². The second-order valence-electron chi connectivity index (χ2n) is 5.30. The lowest BCUT2D eigenvalue weighted by Crippen LogP contribution is -2.22. The van der Waals surface area contributed by atoms with E-state index in [0.717, 1.165) is 36.6 Å². The zero-order chi connectivity index (χ0) is 14.9. The summed E-state index contributed by atoms with van der Waals surface area (Å²) in [6.45, 7) is 1.98. The average Bonchev–Trinajstić information content (AvgIpc) is 3.10. The predicted octanol–water partition coefficient (Wildman–Crippen LogP) is 1.25. The number of rotatable bonds is 4. The van der Waals surface area contributed by atoms with Gasteiger partial charge in [-0.2, -0.15) is 5.10 Å². The molecule has 3 N–H and O–H groups in total. The van der Waals surface area contributed by atoms with Gasteiger partial charge in [0.15, 0.2) is 9.84 Å². The highest BCUT2D eigenvalue weighted by molar-refractivity contribution is 7.90. The number of aromatic amines is 1. The number of aromatic nitrogens is 2. The summed E-state index contributed by atoms with van der Waals surface area (Å²) in [4.78, 5) is 0.321. The molecule has 3 rings (SSSR count). The third-order valence-electron chi connectivity index (χ3n) is 3.58. The zero-order valence-corrected chi connectivity index (χ0v) is 12.6. The summed E-state index contributed by atoms with van der Waals surface area (Å²) >= 11 is 0. The first kappa shape index (κ1) is 14.1. The highest BCUT2D eigenvalue weighted by Gasteiger charge is 2.15. The van der Waals surface area contributed by atoms with Gasteiger partial charge in [0.25, 0.3) is 0 Å². The Kier molecular flexibility index (Phi) is 3.69. The Bertz CT molecular complexity index is 716. The van der Waals surface area contributed by atoms with E-state index in [1.54, 1.807) is 24.3 Å². The molecule has 1 atom stereocenters. The van der Waals surface area contributed by atoms with E-state index < -0.39 is 9.84 Å². The van der Waals surface area contributed by atoms with E-state index in [1.807, 2.05) is 6.07 Å². The quantitative estimate of drug-likeness (QED) is 0.791. The van der Waals surface area contributed by atoms with Crippen LogP contribution in [0.5, 0.6) is 0 Å². The van der Waals surface area contributed by atoms with E-state index in [2.05, 4.69) is 20.8 Å². The molecule has 112 valence electrons. The molecule has 6 nitrogen and oxygen atoms in total. The lowest BCUT2D eigenvalue weighted by Gasteiger charge is -2.08. The number of hydrogen-bond donors (Lipinski definition) is 3. The number of benzene rings is 1. The summed E-state index contributed by atoms with van der Waals surface area (Å²) in [5.41, 5.74) is 1.77. The van der Waals surface area contributed by atoms with Gasteiger partial charge in [-0.05, 0) is 30.7 Å². The summed E-state index contributed by atoms with van der Waals surface area (Å²) in [5, 5.41) is 13.9. The van der Waals surface area contributed by atoms with E-state index in [-0.39, 0.29) is 0 Å². The van der Waals surface area contributed by atoms with Crippen molar-refractivity contribution in [3.8, 4) is 11.3 Å². The van der Waals surface area contributed by atoms with Gasteiger partial charge in [-0.25, -0.2) is 8.42 Å². The fourth-order valence-electron chi connectivity index (χ4n) is 2.41. The molecule has 1 aromatic carbocycles. The number of anilines is 1. The molecular formula is C14H18N4O2S. The maximum atomic E-state index is 11.4. The molecule has 2 aromatic rings. The minimum Gasteiger partial charge on any atom is -0.365 e. The van der Waals surface area contributed by atoms with Crippen LogP contribution in [0, 0.1) is 0 Å². The number of hydrogen-bond acceptors (Lipinski definition) is 5. The van der Waals surface area contributed by atoms with Gasteiger partial charge in [0.1, 0.15) is 5.82 Å². The van der Waals surface area contributed by atoms with Gasteiger partial charge in [-0.15, -0.1) is 0 Å². The first-order chi connectivity index (χ1) is 10.0. The van der Waals surface area contributed by atoms with Gasteiger partial charge in [0.05, 0.1) is 10.6 Å². The van der Waals surface area contributed by atoms with Crippen molar-refractivity contribution in [3.05, 3.63) is 30.3 Å². The highest BCUT2D eigenvalue weighted by Crippen LogP contribution is 2.22. The summed E-state index contributed by atoms with van der Waals surface area (Å²) in [7, 11) is -3.16. The van der Waals surface area contributed by atoms with Crippen molar-refractivity contribution < 1.29 is 8.42 Å². The van der Waals surface area contributed by atoms with Crippen LogP contribution in [0.2, 0.25) is 0 Å². The lowest BCUT2D eigenvalue weighted by molar-refractivity contribution is 0.602. The SMILES string of the molecule is CS(=O)(=O)c1ccc(-c2cc(NC3CCNC3)n[nH]2)cc1. The third kappa shape index (κ3) is 3.25. The van der Waals surface area contributed by atoms with Crippen molar-refractivity contribution in [1.29, 1.82) is 0 Å². The maximum Gasteiger partial charge on any atom is 0.175 e. The molecule has 1 fully saturated rings. The Morgan fingerprint density at radius 2 is 2.05 bits per heavy atom. The maximum absolute atomic E-state index is 11.4. The molecule has 1 aromatic heterocycles. The Morgan fingerprint density at radius 1 is 1.29 bits per heavy atom. The summed E-state index contributed by atoms with van der Waals surface area (Å²) in [5.74, 6) is 0.811. The number of H-pyrrole nitrogens is 1. The molecule has 1 saturated heterocycles. The molecule has 0 aliphatic carbocycles. The Balaban J connectivity index is 1.76. The molecule has 21 heavy (non-hydrogen) atoms. The van der Waals surface area contributed by atoms with Crippen molar-refractivity contribution in [3.63, 3.8) is 0 Å². The normalized spacial score (nSPS) is 18.8. The molecule has 1 unspecified atom stereocenters. The Hall–Kier alpha value is -1.86. The monoisotopic (exact) mass is 306 g/mol. The van der Waals surface area contributed by atoms with Crippen LogP contribution in [0.1, 0.15) is 6.42 Å². The van der Waals surface area contributed by atoms with Crippen LogP contribution in [0.4, 0.5) is 5.82 Å². The second-order valence-corrected chi connectivity index (χ2v) is 7.31. The average molecular weight is 306 g/mol. The van der Waals surface area contributed by atoms with Crippen molar-refractivity contribution >= 4 is 15.7 Å². The zero-order valence-electron chi connectivity index (χ0n) is 11.8. The first-order valence-electron chi connectivity index (χ1n) is 6.85. The van der Waals surface area contributed by atoms with Crippen LogP contribution in [0.25, 0.3) is 11.3 Å². The van der Waals surface area contributed by atoms with Gasteiger partial charge in [0.2, 0.25) is 0 Å². The molecule has 0 amide bonds. The lowest BCUT2D eigenvalue weighted by atomic mass is 10.1. The van der Waals surface area contributed by atoms with Crippen molar-refractivity contribution in [2.24, 2.45) is 0 Å².